The number of hydrogen-bond acceptors (Lipinski definition) is 4. The molecule has 0 aliphatic carbocycles. The maximum absolute atomic E-state index is 11.0. The molecule has 5 nitrogen and oxygen atoms in total. The van der Waals surface area contributed by atoms with Gasteiger partial charge in [-0.3, -0.25) is 0 Å². The largest absolute Gasteiger partial charge is 0.363 e. The Kier molecular flexibility index (Phi) is 2.68. The zero-order chi connectivity index (χ0) is 11.5. The summed E-state index contributed by atoms with van der Waals surface area (Å²) in [5.41, 5.74) is 2.75. The van der Waals surface area contributed by atoms with Gasteiger partial charge in [0.05, 0.1) is 6.20 Å². The molecule has 0 amide bonds. The highest BCUT2D eigenvalue weighted by Gasteiger charge is 2.00. The summed E-state index contributed by atoms with van der Waals surface area (Å²) in [6, 6.07) is 6.01. The van der Waals surface area contributed by atoms with Gasteiger partial charge in [-0.2, -0.15) is 10.1 Å². The fourth-order valence-corrected chi connectivity index (χ4v) is 1.46. The van der Waals surface area contributed by atoms with Gasteiger partial charge >= 0.3 is 5.69 Å². The van der Waals surface area contributed by atoms with E-state index in [9.17, 15) is 4.79 Å². The van der Waals surface area contributed by atoms with Crippen LogP contribution >= 0.6 is 0 Å². The number of H-pyrrole nitrogens is 1. The molecular weight excluding hydrogens is 204 g/mol. The molecule has 2 aromatic rings. The van der Waals surface area contributed by atoms with E-state index in [2.05, 4.69) is 26.6 Å². The monoisotopic (exact) mass is 216 g/mol. The van der Waals surface area contributed by atoms with Crippen LogP contribution in [0.3, 0.4) is 0 Å². The number of benzene rings is 1. The molecule has 82 valence electrons. The van der Waals surface area contributed by atoms with E-state index in [-0.39, 0.29) is 0 Å². The van der Waals surface area contributed by atoms with E-state index < -0.39 is 5.69 Å². The van der Waals surface area contributed by atoms with Crippen LogP contribution in [0, 0.1) is 13.8 Å². The standard InChI is InChI=1S/C11H12N4O/c1-7-3-4-9(8(2)5-7)13-10-6-12-15-11(16)14-10/h3-6H,1-2H3,(H2,13,14,15,16). The van der Waals surface area contributed by atoms with Gasteiger partial charge in [0.1, 0.15) is 0 Å². The smallest absolute Gasteiger partial charge is 0.338 e. The first-order chi connectivity index (χ1) is 7.65. The quantitative estimate of drug-likeness (QED) is 0.798. The van der Waals surface area contributed by atoms with Crippen LogP contribution in [0.25, 0.3) is 0 Å². The molecule has 0 atom stereocenters. The van der Waals surface area contributed by atoms with Crippen molar-refractivity contribution in [1.29, 1.82) is 0 Å². The van der Waals surface area contributed by atoms with Crippen LogP contribution < -0.4 is 11.0 Å². The number of nitrogens with one attached hydrogen (secondary N) is 2. The first-order valence-electron chi connectivity index (χ1n) is 4.91. The van der Waals surface area contributed by atoms with Crippen molar-refractivity contribution in [2.75, 3.05) is 5.32 Å². The predicted molar refractivity (Wildman–Crippen MR) is 61.9 cm³/mol. The van der Waals surface area contributed by atoms with E-state index >= 15 is 0 Å². The third kappa shape index (κ3) is 2.25. The van der Waals surface area contributed by atoms with Crippen molar-refractivity contribution in [2.24, 2.45) is 0 Å². The third-order valence-electron chi connectivity index (χ3n) is 2.21. The number of hydrogen-bond donors (Lipinski definition) is 2. The van der Waals surface area contributed by atoms with Gasteiger partial charge < -0.3 is 5.32 Å². The summed E-state index contributed by atoms with van der Waals surface area (Å²) in [6.45, 7) is 4.03. The number of aromatic nitrogens is 3. The van der Waals surface area contributed by atoms with E-state index in [1.54, 1.807) is 0 Å². The van der Waals surface area contributed by atoms with Crippen LogP contribution in [0.5, 0.6) is 0 Å². The van der Waals surface area contributed by atoms with Crippen LogP contribution in [0.1, 0.15) is 11.1 Å². The molecule has 0 saturated heterocycles. The first kappa shape index (κ1) is 10.4. The maximum atomic E-state index is 11.0. The summed E-state index contributed by atoms with van der Waals surface area (Å²) in [5, 5.41) is 8.94. The minimum atomic E-state index is -0.463. The second-order valence-corrected chi connectivity index (χ2v) is 3.62. The maximum Gasteiger partial charge on any atom is 0.363 e. The van der Waals surface area contributed by atoms with Gasteiger partial charge in [0.15, 0.2) is 5.82 Å². The Morgan fingerprint density at radius 2 is 2.12 bits per heavy atom. The zero-order valence-electron chi connectivity index (χ0n) is 9.11. The summed E-state index contributed by atoms with van der Waals surface area (Å²) in [6.07, 6.45) is 1.47. The number of anilines is 2. The molecule has 0 aliphatic rings. The lowest BCUT2D eigenvalue weighted by Gasteiger charge is -2.08. The lowest BCUT2D eigenvalue weighted by atomic mass is 10.1. The number of rotatable bonds is 2. The fourth-order valence-electron chi connectivity index (χ4n) is 1.46. The molecule has 2 rings (SSSR count). The zero-order valence-corrected chi connectivity index (χ0v) is 9.11. The highest BCUT2D eigenvalue weighted by atomic mass is 16.1. The van der Waals surface area contributed by atoms with E-state index in [0.29, 0.717) is 5.82 Å². The summed E-state index contributed by atoms with van der Waals surface area (Å²) >= 11 is 0. The van der Waals surface area contributed by atoms with Crippen molar-refractivity contribution >= 4 is 11.5 Å². The molecule has 1 aromatic carbocycles. The molecule has 0 aliphatic heterocycles. The van der Waals surface area contributed by atoms with Crippen molar-refractivity contribution in [3.05, 3.63) is 46.0 Å². The third-order valence-corrected chi connectivity index (χ3v) is 2.21. The molecular formula is C11H12N4O. The Morgan fingerprint density at radius 1 is 1.31 bits per heavy atom. The first-order valence-corrected chi connectivity index (χ1v) is 4.91. The normalized spacial score (nSPS) is 10.1. The number of aromatic amines is 1. The minimum Gasteiger partial charge on any atom is -0.338 e. The van der Waals surface area contributed by atoms with Crippen molar-refractivity contribution in [2.45, 2.75) is 13.8 Å². The lowest BCUT2D eigenvalue weighted by Crippen LogP contribution is -2.13. The minimum absolute atomic E-state index is 0.440. The topological polar surface area (TPSA) is 70.7 Å². The van der Waals surface area contributed by atoms with Gasteiger partial charge in [-0.25, -0.2) is 9.89 Å². The fraction of sp³-hybridized carbons (Fsp3) is 0.182. The van der Waals surface area contributed by atoms with Gasteiger partial charge in [0.2, 0.25) is 0 Å². The van der Waals surface area contributed by atoms with E-state index in [1.807, 2.05) is 26.0 Å². The molecule has 2 N–H and O–H groups in total. The van der Waals surface area contributed by atoms with Crippen molar-refractivity contribution < 1.29 is 0 Å². The number of aryl methyl sites for hydroxylation is 2. The van der Waals surface area contributed by atoms with Gasteiger partial charge in [-0.05, 0) is 25.5 Å². The van der Waals surface area contributed by atoms with Gasteiger partial charge in [0, 0.05) is 5.69 Å². The summed E-state index contributed by atoms with van der Waals surface area (Å²) in [4.78, 5) is 14.7. The highest BCUT2D eigenvalue weighted by Crippen LogP contribution is 2.18. The summed E-state index contributed by atoms with van der Waals surface area (Å²) in [5.74, 6) is 0.440. The molecule has 1 heterocycles. The van der Waals surface area contributed by atoms with Crippen LogP contribution in [0.15, 0.2) is 29.2 Å². The molecule has 0 unspecified atom stereocenters. The van der Waals surface area contributed by atoms with Crippen molar-refractivity contribution in [1.82, 2.24) is 15.2 Å². The van der Waals surface area contributed by atoms with Crippen LogP contribution in [-0.2, 0) is 0 Å². The van der Waals surface area contributed by atoms with E-state index in [1.165, 1.54) is 11.8 Å². The van der Waals surface area contributed by atoms with Gasteiger partial charge in [-0.1, -0.05) is 17.7 Å². The van der Waals surface area contributed by atoms with Crippen molar-refractivity contribution in [3.8, 4) is 0 Å². The Hall–Kier alpha value is -2.17. The Balaban J connectivity index is 2.30. The lowest BCUT2D eigenvalue weighted by molar-refractivity contribution is 0.918. The Morgan fingerprint density at radius 3 is 2.81 bits per heavy atom. The van der Waals surface area contributed by atoms with E-state index in [4.69, 9.17) is 0 Å². The highest BCUT2D eigenvalue weighted by molar-refractivity contribution is 5.59. The average molecular weight is 216 g/mol. The Bertz CT molecular complexity index is 562. The molecule has 0 radical (unpaired) electrons. The van der Waals surface area contributed by atoms with Crippen LogP contribution in [-0.4, -0.2) is 15.2 Å². The second-order valence-electron chi connectivity index (χ2n) is 3.62. The second kappa shape index (κ2) is 4.14. The van der Waals surface area contributed by atoms with Crippen LogP contribution in [0.4, 0.5) is 11.5 Å². The summed E-state index contributed by atoms with van der Waals surface area (Å²) in [7, 11) is 0. The molecule has 0 bridgehead atoms. The molecule has 0 saturated carbocycles. The van der Waals surface area contributed by atoms with Gasteiger partial charge in [0.25, 0.3) is 0 Å². The SMILES string of the molecule is Cc1ccc(Nc2cn[nH]c(=O)n2)c(C)c1. The molecule has 5 heteroatoms. The molecule has 0 spiro atoms. The van der Waals surface area contributed by atoms with Gasteiger partial charge in [-0.15, -0.1) is 0 Å². The molecule has 0 fully saturated rings. The summed E-state index contributed by atoms with van der Waals surface area (Å²) < 4.78 is 0. The van der Waals surface area contributed by atoms with Crippen molar-refractivity contribution in [3.63, 3.8) is 0 Å². The van der Waals surface area contributed by atoms with Crippen LogP contribution in [0.2, 0.25) is 0 Å². The Labute approximate surface area is 92.6 Å². The molecule has 1 aromatic heterocycles. The predicted octanol–water partition coefficient (Wildman–Crippen LogP) is 1.53. The van der Waals surface area contributed by atoms with E-state index in [0.717, 1.165) is 11.3 Å². The number of nitrogens with zero attached hydrogens (tertiary/aromatic N) is 2. The average Bonchev–Trinajstić information content (AvgIpc) is 2.22. The molecule has 16 heavy (non-hydrogen) atoms.